The molecule has 0 aliphatic rings. The molecule has 0 heterocycles. The number of rotatable bonds is 7. The summed E-state index contributed by atoms with van der Waals surface area (Å²) in [6.07, 6.45) is 0.943. The van der Waals surface area contributed by atoms with Gasteiger partial charge >= 0.3 is 0 Å². The van der Waals surface area contributed by atoms with Gasteiger partial charge in [0.1, 0.15) is 5.82 Å². The number of carbonyl (C=O) groups excluding carboxylic acids is 2. The van der Waals surface area contributed by atoms with Crippen LogP contribution in [0.15, 0.2) is 54.6 Å². The van der Waals surface area contributed by atoms with Crippen LogP contribution in [-0.2, 0) is 11.2 Å². The van der Waals surface area contributed by atoms with E-state index in [1.165, 1.54) is 24.3 Å². The minimum Gasteiger partial charge on any atom is -0.351 e. The first-order valence-corrected chi connectivity index (χ1v) is 7.99. The first-order valence-electron chi connectivity index (χ1n) is 7.99. The van der Waals surface area contributed by atoms with Crippen molar-refractivity contribution in [3.8, 4) is 0 Å². The fourth-order valence-electron chi connectivity index (χ4n) is 2.60. The average Bonchev–Trinajstić information content (AvgIpc) is 2.53. The number of carbonyl (C=O) groups is 2. The SMILES string of the molecule is CC(C)(Cc1ccccc1)NC(=O)CCC(=O)c1ccc(F)cc1. The van der Waals surface area contributed by atoms with Crippen molar-refractivity contribution in [1.82, 2.24) is 5.32 Å². The lowest BCUT2D eigenvalue weighted by atomic mass is 9.94. The van der Waals surface area contributed by atoms with Gasteiger partial charge in [-0.25, -0.2) is 4.39 Å². The fraction of sp³-hybridized carbons (Fsp3) is 0.300. The second kappa shape index (κ2) is 7.86. The van der Waals surface area contributed by atoms with Crippen molar-refractivity contribution >= 4 is 11.7 Å². The Balaban J connectivity index is 1.83. The van der Waals surface area contributed by atoms with Crippen molar-refractivity contribution in [2.45, 2.75) is 38.6 Å². The molecule has 0 saturated heterocycles. The summed E-state index contributed by atoms with van der Waals surface area (Å²) in [6, 6.07) is 15.3. The van der Waals surface area contributed by atoms with Gasteiger partial charge in [-0.1, -0.05) is 30.3 Å². The molecule has 0 radical (unpaired) electrons. The summed E-state index contributed by atoms with van der Waals surface area (Å²) in [4.78, 5) is 24.1. The summed E-state index contributed by atoms with van der Waals surface area (Å²) in [6.45, 7) is 3.92. The molecular formula is C20H22FNO2. The molecule has 0 aliphatic carbocycles. The summed E-state index contributed by atoms with van der Waals surface area (Å²) in [5.74, 6) is -0.704. The van der Waals surface area contributed by atoms with Gasteiger partial charge in [0.2, 0.25) is 5.91 Å². The van der Waals surface area contributed by atoms with Gasteiger partial charge in [-0.3, -0.25) is 9.59 Å². The van der Waals surface area contributed by atoms with Crippen LogP contribution in [0, 0.1) is 5.82 Å². The van der Waals surface area contributed by atoms with E-state index in [1.54, 1.807) is 0 Å². The molecule has 0 saturated carbocycles. The third-order valence-electron chi connectivity index (χ3n) is 3.71. The minimum atomic E-state index is -0.392. The van der Waals surface area contributed by atoms with E-state index < -0.39 is 5.54 Å². The molecule has 1 N–H and O–H groups in total. The highest BCUT2D eigenvalue weighted by atomic mass is 19.1. The second-order valence-corrected chi connectivity index (χ2v) is 6.52. The van der Waals surface area contributed by atoms with Crippen LogP contribution in [0.1, 0.15) is 42.6 Å². The predicted molar refractivity (Wildman–Crippen MR) is 92.3 cm³/mol. The number of Topliss-reactive ketones (excluding diaryl/α,β-unsaturated/α-hetero) is 1. The normalized spacial score (nSPS) is 11.1. The molecule has 0 bridgehead atoms. The molecule has 0 aromatic heterocycles. The Morgan fingerprint density at radius 1 is 0.958 bits per heavy atom. The zero-order valence-electron chi connectivity index (χ0n) is 14.0. The van der Waals surface area contributed by atoms with Crippen molar-refractivity contribution in [2.75, 3.05) is 0 Å². The van der Waals surface area contributed by atoms with Crippen LogP contribution in [0.25, 0.3) is 0 Å². The second-order valence-electron chi connectivity index (χ2n) is 6.52. The van der Waals surface area contributed by atoms with Gasteiger partial charge in [-0.2, -0.15) is 0 Å². The zero-order valence-corrected chi connectivity index (χ0v) is 14.0. The number of ketones is 1. The van der Waals surface area contributed by atoms with Crippen LogP contribution in [-0.4, -0.2) is 17.2 Å². The highest BCUT2D eigenvalue weighted by molar-refractivity contribution is 5.97. The molecule has 2 aromatic rings. The van der Waals surface area contributed by atoms with E-state index >= 15 is 0 Å². The van der Waals surface area contributed by atoms with Crippen molar-refractivity contribution in [2.24, 2.45) is 0 Å². The topological polar surface area (TPSA) is 46.2 Å². The van der Waals surface area contributed by atoms with E-state index in [2.05, 4.69) is 5.32 Å². The van der Waals surface area contributed by atoms with Crippen LogP contribution >= 0.6 is 0 Å². The fourth-order valence-corrected chi connectivity index (χ4v) is 2.60. The highest BCUT2D eigenvalue weighted by Crippen LogP contribution is 2.13. The third-order valence-corrected chi connectivity index (χ3v) is 3.71. The molecular weight excluding hydrogens is 305 g/mol. The van der Waals surface area contributed by atoms with Crippen LogP contribution in [0.2, 0.25) is 0 Å². The summed E-state index contributed by atoms with van der Waals surface area (Å²) in [5.41, 5.74) is 1.18. The van der Waals surface area contributed by atoms with Crippen LogP contribution in [0.5, 0.6) is 0 Å². The van der Waals surface area contributed by atoms with Gasteiger partial charge in [-0.05, 0) is 50.1 Å². The summed E-state index contributed by atoms with van der Waals surface area (Å²) in [7, 11) is 0. The Morgan fingerprint density at radius 3 is 2.21 bits per heavy atom. The van der Waals surface area contributed by atoms with Gasteiger partial charge in [0, 0.05) is 23.9 Å². The largest absolute Gasteiger partial charge is 0.351 e. The summed E-state index contributed by atoms with van der Waals surface area (Å²) < 4.78 is 12.9. The van der Waals surface area contributed by atoms with Crippen molar-refractivity contribution in [1.29, 1.82) is 0 Å². The molecule has 3 nitrogen and oxygen atoms in total. The number of halogens is 1. The summed E-state index contributed by atoms with van der Waals surface area (Å²) >= 11 is 0. The molecule has 0 fully saturated rings. The van der Waals surface area contributed by atoms with Gasteiger partial charge in [-0.15, -0.1) is 0 Å². The monoisotopic (exact) mass is 327 g/mol. The Bertz CT molecular complexity index is 693. The van der Waals surface area contributed by atoms with Gasteiger partial charge in [0.25, 0.3) is 0 Å². The Labute approximate surface area is 141 Å². The molecule has 2 rings (SSSR count). The van der Waals surface area contributed by atoms with Crippen molar-refractivity contribution in [3.05, 3.63) is 71.5 Å². The Hall–Kier alpha value is -2.49. The first-order chi connectivity index (χ1) is 11.4. The minimum absolute atomic E-state index is 0.110. The van der Waals surface area contributed by atoms with E-state index in [0.717, 1.165) is 5.56 Å². The van der Waals surface area contributed by atoms with E-state index in [9.17, 15) is 14.0 Å². The number of nitrogens with one attached hydrogen (secondary N) is 1. The molecule has 0 atom stereocenters. The lowest BCUT2D eigenvalue weighted by Gasteiger charge is -2.26. The first kappa shape index (κ1) is 17.9. The molecule has 1 amide bonds. The maximum absolute atomic E-state index is 12.9. The van der Waals surface area contributed by atoms with Crippen LogP contribution < -0.4 is 5.32 Å². The molecule has 0 unspecified atom stereocenters. The number of benzene rings is 2. The van der Waals surface area contributed by atoms with E-state index in [4.69, 9.17) is 0 Å². The van der Waals surface area contributed by atoms with Crippen molar-refractivity contribution in [3.63, 3.8) is 0 Å². The Morgan fingerprint density at radius 2 is 1.58 bits per heavy atom. The van der Waals surface area contributed by atoms with Crippen molar-refractivity contribution < 1.29 is 14.0 Å². The smallest absolute Gasteiger partial charge is 0.220 e. The third kappa shape index (κ3) is 5.61. The quantitative estimate of drug-likeness (QED) is 0.783. The number of hydrogen-bond acceptors (Lipinski definition) is 2. The molecule has 24 heavy (non-hydrogen) atoms. The maximum Gasteiger partial charge on any atom is 0.220 e. The Kier molecular flexibility index (Phi) is 5.85. The zero-order chi connectivity index (χ0) is 17.6. The van der Waals surface area contributed by atoms with Crippen LogP contribution in [0.4, 0.5) is 4.39 Å². The van der Waals surface area contributed by atoms with Gasteiger partial charge in [0.05, 0.1) is 0 Å². The maximum atomic E-state index is 12.9. The number of amides is 1. The average molecular weight is 327 g/mol. The van der Waals surface area contributed by atoms with Gasteiger partial charge < -0.3 is 5.32 Å². The molecule has 0 aliphatic heterocycles. The van der Waals surface area contributed by atoms with Crippen LogP contribution in [0.3, 0.4) is 0 Å². The molecule has 2 aromatic carbocycles. The standard InChI is InChI=1S/C20H22FNO2/c1-20(2,14-15-6-4-3-5-7-15)22-19(24)13-12-18(23)16-8-10-17(21)11-9-16/h3-11H,12-14H2,1-2H3,(H,22,24). The molecule has 126 valence electrons. The lowest BCUT2D eigenvalue weighted by molar-refractivity contribution is -0.122. The van der Waals surface area contributed by atoms with E-state index in [0.29, 0.717) is 12.0 Å². The lowest BCUT2D eigenvalue weighted by Crippen LogP contribution is -2.45. The molecule has 0 spiro atoms. The summed E-state index contributed by atoms with van der Waals surface area (Å²) in [5, 5.41) is 2.97. The number of hydrogen-bond donors (Lipinski definition) is 1. The van der Waals surface area contributed by atoms with E-state index in [-0.39, 0.29) is 30.3 Å². The molecule has 4 heteroatoms. The predicted octanol–water partition coefficient (Wildman–Crippen LogP) is 3.93. The van der Waals surface area contributed by atoms with Gasteiger partial charge in [0.15, 0.2) is 5.78 Å². The van der Waals surface area contributed by atoms with E-state index in [1.807, 2.05) is 44.2 Å². The highest BCUT2D eigenvalue weighted by Gasteiger charge is 2.21.